The SMILES string of the molecule is COc1cc(P(c2ccccc2)C(C)C)cc(OC)c1C=O. The van der Waals surface area contributed by atoms with Crippen LogP contribution in [-0.4, -0.2) is 26.2 Å². The predicted molar refractivity (Wildman–Crippen MR) is 92.7 cm³/mol. The molecule has 2 aromatic rings. The largest absolute Gasteiger partial charge is 0.496 e. The lowest BCUT2D eigenvalue weighted by Crippen LogP contribution is -2.19. The minimum atomic E-state index is -0.547. The second kappa shape index (κ2) is 7.42. The van der Waals surface area contributed by atoms with Crippen molar-refractivity contribution in [1.29, 1.82) is 0 Å². The molecule has 3 nitrogen and oxygen atoms in total. The summed E-state index contributed by atoms with van der Waals surface area (Å²) in [6, 6.07) is 14.4. The Morgan fingerprint density at radius 3 is 1.91 bits per heavy atom. The van der Waals surface area contributed by atoms with E-state index in [-0.39, 0.29) is 0 Å². The smallest absolute Gasteiger partial charge is 0.157 e. The van der Waals surface area contributed by atoms with E-state index in [0.29, 0.717) is 22.7 Å². The molecule has 0 saturated carbocycles. The van der Waals surface area contributed by atoms with E-state index in [4.69, 9.17) is 9.47 Å². The number of methoxy groups -OCH3 is 2. The van der Waals surface area contributed by atoms with Crippen LogP contribution in [0.1, 0.15) is 24.2 Å². The van der Waals surface area contributed by atoms with Crippen molar-refractivity contribution < 1.29 is 14.3 Å². The van der Waals surface area contributed by atoms with Crippen LogP contribution in [-0.2, 0) is 0 Å². The van der Waals surface area contributed by atoms with Crippen molar-refractivity contribution in [2.24, 2.45) is 0 Å². The molecule has 4 heteroatoms. The second-order valence-corrected chi connectivity index (χ2v) is 7.99. The van der Waals surface area contributed by atoms with Crippen molar-refractivity contribution in [3.05, 3.63) is 48.0 Å². The molecule has 2 aromatic carbocycles. The van der Waals surface area contributed by atoms with Crippen LogP contribution < -0.4 is 20.1 Å². The Bertz CT molecular complexity index is 613. The zero-order chi connectivity index (χ0) is 16.1. The molecule has 0 aromatic heterocycles. The van der Waals surface area contributed by atoms with Gasteiger partial charge in [0.25, 0.3) is 0 Å². The maximum absolute atomic E-state index is 11.3. The number of rotatable bonds is 6. The highest BCUT2D eigenvalue weighted by molar-refractivity contribution is 7.73. The molecule has 0 saturated heterocycles. The van der Waals surface area contributed by atoms with Gasteiger partial charge < -0.3 is 9.47 Å². The first kappa shape index (κ1) is 16.5. The van der Waals surface area contributed by atoms with Gasteiger partial charge in [0.1, 0.15) is 11.5 Å². The van der Waals surface area contributed by atoms with E-state index < -0.39 is 7.92 Å². The first-order chi connectivity index (χ1) is 10.6. The third-order valence-electron chi connectivity index (χ3n) is 3.48. The number of ether oxygens (including phenoxy) is 2. The Balaban J connectivity index is 2.60. The molecule has 0 N–H and O–H groups in total. The number of aldehydes is 1. The van der Waals surface area contributed by atoms with Gasteiger partial charge in [0.15, 0.2) is 6.29 Å². The third-order valence-corrected chi connectivity index (χ3v) is 6.18. The van der Waals surface area contributed by atoms with Gasteiger partial charge in [0.2, 0.25) is 0 Å². The van der Waals surface area contributed by atoms with Crippen LogP contribution in [0.25, 0.3) is 0 Å². The summed E-state index contributed by atoms with van der Waals surface area (Å²) in [5.41, 5.74) is 0.925. The lowest BCUT2D eigenvalue weighted by Gasteiger charge is -2.24. The molecule has 0 bridgehead atoms. The molecule has 1 unspecified atom stereocenters. The summed E-state index contributed by atoms with van der Waals surface area (Å²) >= 11 is 0. The van der Waals surface area contributed by atoms with Crippen LogP contribution in [0.2, 0.25) is 0 Å². The van der Waals surface area contributed by atoms with Crippen LogP contribution in [0, 0.1) is 0 Å². The summed E-state index contributed by atoms with van der Waals surface area (Å²) < 4.78 is 10.8. The Labute approximate surface area is 133 Å². The van der Waals surface area contributed by atoms with Crippen LogP contribution in [0.4, 0.5) is 0 Å². The molecule has 0 aliphatic heterocycles. The first-order valence-electron chi connectivity index (χ1n) is 7.17. The summed E-state index contributed by atoms with van der Waals surface area (Å²) in [5.74, 6) is 1.13. The van der Waals surface area contributed by atoms with E-state index in [0.717, 1.165) is 11.6 Å². The van der Waals surface area contributed by atoms with Crippen molar-refractivity contribution in [3.8, 4) is 11.5 Å². The van der Waals surface area contributed by atoms with Crippen LogP contribution >= 0.6 is 7.92 Å². The van der Waals surface area contributed by atoms with Crippen molar-refractivity contribution in [1.82, 2.24) is 0 Å². The molecule has 0 aliphatic carbocycles. The molecule has 0 heterocycles. The van der Waals surface area contributed by atoms with Crippen molar-refractivity contribution >= 4 is 24.8 Å². The quantitative estimate of drug-likeness (QED) is 0.605. The Hall–Kier alpha value is -1.86. The fourth-order valence-corrected chi connectivity index (χ4v) is 5.01. The molecular formula is C18H21O3P. The van der Waals surface area contributed by atoms with E-state index >= 15 is 0 Å². The normalized spacial score (nSPS) is 12.0. The van der Waals surface area contributed by atoms with Crippen LogP contribution in [0.15, 0.2) is 42.5 Å². The third kappa shape index (κ3) is 3.31. The highest BCUT2D eigenvalue weighted by atomic mass is 31.1. The van der Waals surface area contributed by atoms with Crippen molar-refractivity contribution in [3.63, 3.8) is 0 Å². The Morgan fingerprint density at radius 2 is 1.50 bits per heavy atom. The summed E-state index contributed by atoms with van der Waals surface area (Å²) in [5, 5.41) is 2.45. The van der Waals surface area contributed by atoms with E-state index in [1.54, 1.807) is 14.2 Å². The average molecular weight is 316 g/mol. The minimum absolute atomic E-state index is 0.459. The van der Waals surface area contributed by atoms with E-state index in [2.05, 4.69) is 38.1 Å². The Morgan fingerprint density at radius 1 is 0.955 bits per heavy atom. The average Bonchev–Trinajstić information content (AvgIpc) is 2.54. The van der Waals surface area contributed by atoms with Crippen LogP contribution in [0.3, 0.4) is 0 Å². The molecular weight excluding hydrogens is 295 g/mol. The number of hydrogen-bond acceptors (Lipinski definition) is 3. The van der Waals surface area contributed by atoms with E-state index in [1.807, 2.05) is 18.2 Å². The summed E-state index contributed by atoms with van der Waals surface area (Å²) in [7, 11) is 2.60. The molecule has 2 rings (SSSR count). The zero-order valence-electron chi connectivity index (χ0n) is 13.4. The van der Waals surface area contributed by atoms with Gasteiger partial charge in [-0.05, 0) is 36.3 Å². The highest BCUT2D eigenvalue weighted by Crippen LogP contribution is 2.41. The van der Waals surface area contributed by atoms with Crippen LogP contribution in [0.5, 0.6) is 11.5 Å². The number of carbonyl (C=O) groups is 1. The van der Waals surface area contributed by atoms with Gasteiger partial charge in [0, 0.05) is 0 Å². The zero-order valence-corrected chi connectivity index (χ0v) is 14.3. The number of carbonyl (C=O) groups excluding carboxylic acids is 1. The molecule has 0 fully saturated rings. The van der Waals surface area contributed by atoms with Crippen molar-refractivity contribution in [2.45, 2.75) is 19.5 Å². The standard InChI is InChI=1S/C18H21O3P/c1-13(2)22(14-8-6-5-7-9-14)15-10-17(20-3)16(12-19)18(11-15)21-4/h5-13H,1-4H3. The van der Waals surface area contributed by atoms with Gasteiger partial charge in [-0.1, -0.05) is 44.2 Å². The molecule has 116 valence electrons. The van der Waals surface area contributed by atoms with Gasteiger partial charge in [-0.25, -0.2) is 0 Å². The predicted octanol–water partition coefficient (Wildman–Crippen LogP) is 3.36. The lowest BCUT2D eigenvalue weighted by molar-refractivity contribution is 0.111. The van der Waals surface area contributed by atoms with Gasteiger partial charge in [-0.15, -0.1) is 0 Å². The number of hydrogen-bond donors (Lipinski definition) is 0. The molecule has 0 radical (unpaired) electrons. The number of benzene rings is 2. The highest BCUT2D eigenvalue weighted by Gasteiger charge is 2.21. The van der Waals surface area contributed by atoms with Crippen molar-refractivity contribution in [2.75, 3.05) is 14.2 Å². The topological polar surface area (TPSA) is 35.5 Å². The van der Waals surface area contributed by atoms with Gasteiger partial charge in [-0.2, -0.15) is 0 Å². The van der Waals surface area contributed by atoms with Gasteiger partial charge in [-0.3, -0.25) is 4.79 Å². The van der Waals surface area contributed by atoms with E-state index in [1.165, 1.54) is 5.30 Å². The fraction of sp³-hybridized carbons (Fsp3) is 0.278. The molecule has 0 spiro atoms. The molecule has 22 heavy (non-hydrogen) atoms. The summed E-state index contributed by atoms with van der Waals surface area (Å²) in [4.78, 5) is 11.3. The molecule has 0 amide bonds. The summed E-state index contributed by atoms with van der Waals surface area (Å²) in [6.45, 7) is 4.43. The maximum Gasteiger partial charge on any atom is 0.157 e. The van der Waals surface area contributed by atoms with Gasteiger partial charge in [0.05, 0.1) is 19.8 Å². The lowest BCUT2D eigenvalue weighted by atomic mass is 10.2. The maximum atomic E-state index is 11.3. The monoisotopic (exact) mass is 316 g/mol. The second-order valence-electron chi connectivity index (χ2n) is 5.18. The Kier molecular flexibility index (Phi) is 5.57. The summed E-state index contributed by atoms with van der Waals surface area (Å²) in [6.07, 6.45) is 0.779. The van der Waals surface area contributed by atoms with Gasteiger partial charge >= 0.3 is 0 Å². The first-order valence-corrected chi connectivity index (χ1v) is 8.59. The molecule has 0 aliphatic rings. The fourth-order valence-electron chi connectivity index (χ4n) is 2.51. The molecule has 1 atom stereocenters. The minimum Gasteiger partial charge on any atom is -0.496 e. The van der Waals surface area contributed by atoms with E-state index in [9.17, 15) is 4.79 Å².